The monoisotopic (exact) mass is 425 g/mol. The van der Waals surface area contributed by atoms with Crippen LogP contribution >= 0.6 is 11.3 Å². The van der Waals surface area contributed by atoms with Crippen LogP contribution in [0.4, 0.5) is 0 Å². The minimum atomic E-state index is -0.218. The molecule has 6 heteroatoms. The minimum Gasteiger partial charge on any atom is -0.355 e. The maximum atomic E-state index is 12.7. The third-order valence-electron chi connectivity index (χ3n) is 5.38. The molecule has 0 spiro atoms. The summed E-state index contributed by atoms with van der Waals surface area (Å²) in [5, 5.41) is 8.97. The number of benzene rings is 1. The van der Waals surface area contributed by atoms with Crippen molar-refractivity contribution in [2.75, 3.05) is 19.6 Å². The fourth-order valence-corrected chi connectivity index (χ4v) is 4.20. The van der Waals surface area contributed by atoms with Crippen molar-refractivity contribution in [1.82, 2.24) is 15.4 Å². The van der Waals surface area contributed by atoms with Gasteiger partial charge in [0.15, 0.2) is 11.5 Å². The number of nitrogens with zero attached hydrogens (tertiary/aromatic N) is 2. The molecule has 0 saturated heterocycles. The first-order valence-corrected chi connectivity index (χ1v) is 11.3. The Balaban J connectivity index is 1.73. The van der Waals surface area contributed by atoms with Crippen molar-refractivity contribution in [2.45, 2.75) is 46.1 Å². The lowest BCUT2D eigenvalue weighted by atomic mass is 9.86. The highest BCUT2D eigenvalue weighted by atomic mass is 32.1. The van der Waals surface area contributed by atoms with Crippen molar-refractivity contribution in [3.63, 3.8) is 0 Å². The van der Waals surface area contributed by atoms with E-state index in [1.807, 2.05) is 17.5 Å². The highest BCUT2D eigenvalue weighted by molar-refractivity contribution is 7.13. The molecule has 0 aliphatic carbocycles. The number of rotatable bonds is 8. The normalized spacial score (nSPS) is 12.9. The first-order valence-electron chi connectivity index (χ1n) is 10.5. The summed E-state index contributed by atoms with van der Waals surface area (Å²) in [7, 11) is 0. The van der Waals surface area contributed by atoms with Crippen LogP contribution in [0.3, 0.4) is 0 Å². The zero-order valence-corrected chi connectivity index (χ0v) is 19.3. The Bertz CT molecular complexity index is 936. The molecule has 3 aromatic rings. The summed E-state index contributed by atoms with van der Waals surface area (Å²) in [5.74, 6) is 0.401. The Hall–Kier alpha value is -2.44. The Labute approximate surface area is 183 Å². The van der Waals surface area contributed by atoms with E-state index in [1.54, 1.807) is 17.4 Å². The van der Waals surface area contributed by atoms with Crippen LogP contribution in [-0.2, 0) is 5.41 Å². The van der Waals surface area contributed by atoms with Gasteiger partial charge >= 0.3 is 0 Å². The Kier molecular flexibility index (Phi) is 7.10. The summed E-state index contributed by atoms with van der Waals surface area (Å²) in [6, 6.07) is 14.4. The van der Waals surface area contributed by atoms with E-state index in [4.69, 9.17) is 4.52 Å². The summed E-state index contributed by atoms with van der Waals surface area (Å²) in [5.41, 5.74) is 2.92. The maximum Gasteiger partial charge on any atom is 0.273 e. The van der Waals surface area contributed by atoms with E-state index in [1.165, 1.54) is 11.1 Å². The van der Waals surface area contributed by atoms with E-state index >= 15 is 0 Å². The molecule has 0 aliphatic rings. The number of nitrogens with one attached hydrogen (secondary N) is 1. The van der Waals surface area contributed by atoms with Gasteiger partial charge in [0.2, 0.25) is 0 Å². The summed E-state index contributed by atoms with van der Waals surface area (Å²) in [6.07, 6.45) is 0. The van der Waals surface area contributed by atoms with Crippen molar-refractivity contribution in [3.8, 4) is 10.6 Å². The lowest BCUT2D eigenvalue weighted by Gasteiger charge is -2.31. The van der Waals surface area contributed by atoms with E-state index in [9.17, 15) is 4.79 Å². The van der Waals surface area contributed by atoms with Crippen molar-refractivity contribution in [3.05, 3.63) is 64.7 Å². The number of hydrogen-bond donors (Lipinski definition) is 1. The third-order valence-corrected chi connectivity index (χ3v) is 6.26. The van der Waals surface area contributed by atoms with Gasteiger partial charge in [-0.25, -0.2) is 0 Å². The third kappa shape index (κ3) is 5.18. The lowest BCUT2D eigenvalue weighted by molar-refractivity contribution is 0.0926. The van der Waals surface area contributed by atoms with Gasteiger partial charge in [-0.3, -0.25) is 9.69 Å². The second kappa shape index (κ2) is 9.58. The SMILES string of the molecule is CCN(CC)[C@H](CNC(=O)c1cc(-c2cccs2)on1)c1ccc(C(C)(C)C)cc1. The smallest absolute Gasteiger partial charge is 0.273 e. The zero-order chi connectivity index (χ0) is 21.7. The van der Waals surface area contributed by atoms with Crippen molar-refractivity contribution in [2.24, 2.45) is 0 Å². The molecular weight excluding hydrogens is 394 g/mol. The standard InChI is InChI=1S/C24H31N3O2S/c1-6-27(7-2)20(17-10-12-18(13-11-17)24(3,4)5)16-25-23(28)19-15-21(29-26-19)22-9-8-14-30-22/h8-15,20H,6-7,16H2,1-5H3,(H,25,28)/t20-/m1/s1. The number of carbonyl (C=O) groups is 1. The van der Waals surface area contributed by atoms with Crippen molar-refractivity contribution >= 4 is 17.2 Å². The molecule has 3 rings (SSSR count). The van der Waals surface area contributed by atoms with Crippen LogP contribution in [0, 0.1) is 0 Å². The quantitative estimate of drug-likeness (QED) is 0.517. The van der Waals surface area contributed by atoms with Crippen molar-refractivity contribution in [1.29, 1.82) is 0 Å². The molecule has 2 aromatic heterocycles. The first-order chi connectivity index (χ1) is 14.3. The molecule has 1 N–H and O–H groups in total. The van der Waals surface area contributed by atoms with Crippen LogP contribution in [0.15, 0.2) is 52.4 Å². The molecule has 1 amide bonds. The van der Waals surface area contributed by atoms with Crippen LogP contribution in [0.5, 0.6) is 0 Å². The Morgan fingerprint density at radius 1 is 1.17 bits per heavy atom. The maximum absolute atomic E-state index is 12.7. The fraction of sp³-hybridized carbons (Fsp3) is 0.417. The molecule has 1 atom stereocenters. The fourth-order valence-electron chi connectivity index (χ4n) is 3.52. The van der Waals surface area contributed by atoms with Gasteiger partial charge in [-0.05, 0) is 41.1 Å². The molecule has 0 unspecified atom stereocenters. The lowest BCUT2D eigenvalue weighted by Crippen LogP contribution is -2.38. The van der Waals surface area contributed by atoms with Gasteiger partial charge in [0, 0.05) is 12.6 Å². The van der Waals surface area contributed by atoms with Crippen LogP contribution in [0.2, 0.25) is 0 Å². The number of aromatic nitrogens is 1. The largest absolute Gasteiger partial charge is 0.355 e. The van der Waals surface area contributed by atoms with E-state index in [-0.39, 0.29) is 17.4 Å². The van der Waals surface area contributed by atoms with Gasteiger partial charge < -0.3 is 9.84 Å². The van der Waals surface area contributed by atoms with E-state index in [0.717, 1.165) is 18.0 Å². The molecule has 0 radical (unpaired) electrons. The van der Waals surface area contributed by atoms with Crippen LogP contribution < -0.4 is 5.32 Å². The zero-order valence-electron chi connectivity index (χ0n) is 18.4. The second-order valence-corrected chi connectivity index (χ2v) is 9.32. The number of hydrogen-bond acceptors (Lipinski definition) is 5. The molecule has 0 fully saturated rings. The van der Waals surface area contributed by atoms with E-state index in [0.29, 0.717) is 18.0 Å². The molecular formula is C24H31N3O2S. The van der Waals surface area contributed by atoms with Crippen molar-refractivity contribution < 1.29 is 9.32 Å². The Morgan fingerprint density at radius 3 is 2.43 bits per heavy atom. The molecule has 30 heavy (non-hydrogen) atoms. The van der Waals surface area contributed by atoms with Gasteiger partial charge in [0.05, 0.1) is 10.9 Å². The van der Waals surface area contributed by atoms with E-state index < -0.39 is 0 Å². The molecule has 160 valence electrons. The summed E-state index contributed by atoms with van der Waals surface area (Å²) in [4.78, 5) is 16.0. The molecule has 0 aliphatic heterocycles. The topological polar surface area (TPSA) is 58.4 Å². The molecule has 2 heterocycles. The molecule has 5 nitrogen and oxygen atoms in total. The highest BCUT2D eigenvalue weighted by Gasteiger charge is 2.22. The molecule has 0 bridgehead atoms. The Morgan fingerprint density at radius 2 is 1.87 bits per heavy atom. The highest BCUT2D eigenvalue weighted by Crippen LogP contribution is 2.27. The first kappa shape index (κ1) is 22.2. The molecule has 1 aromatic carbocycles. The number of thiophene rings is 1. The number of carbonyl (C=O) groups excluding carboxylic acids is 1. The summed E-state index contributed by atoms with van der Waals surface area (Å²) >= 11 is 1.56. The summed E-state index contributed by atoms with van der Waals surface area (Å²) in [6.45, 7) is 13.3. The van der Waals surface area contributed by atoms with Gasteiger partial charge in [0.1, 0.15) is 0 Å². The predicted molar refractivity (Wildman–Crippen MR) is 123 cm³/mol. The molecule has 0 saturated carbocycles. The predicted octanol–water partition coefficient (Wildman–Crippen LogP) is 5.51. The average molecular weight is 426 g/mol. The summed E-state index contributed by atoms with van der Waals surface area (Å²) < 4.78 is 5.35. The van der Waals surface area contributed by atoms with Crippen LogP contribution in [0.1, 0.15) is 62.3 Å². The van der Waals surface area contributed by atoms with Gasteiger partial charge in [-0.2, -0.15) is 0 Å². The number of likely N-dealkylation sites (N-methyl/N-ethyl adjacent to an activating group) is 1. The van der Waals surface area contributed by atoms with E-state index in [2.05, 4.69) is 74.3 Å². The minimum absolute atomic E-state index is 0.0987. The van der Waals surface area contributed by atoms with Gasteiger partial charge in [-0.15, -0.1) is 11.3 Å². The van der Waals surface area contributed by atoms with Crippen LogP contribution in [0.25, 0.3) is 10.6 Å². The van der Waals surface area contributed by atoms with Gasteiger partial charge in [-0.1, -0.05) is 70.1 Å². The number of amides is 1. The average Bonchev–Trinajstić information content (AvgIpc) is 3.42. The van der Waals surface area contributed by atoms with Crippen LogP contribution in [-0.4, -0.2) is 35.6 Å². The van der Waals surface area contributed by atoms with Gasteiger partial charge in [0.25, 0.3) is 5.91 Å². The second-order valence-electron chi connectivity index (χ2n) is 8.37.